The van der Waals surface area contributed by atoms with Crippen LogP contribution in [-0.2, 0) is 4.43 Å². The number of hydrogen-bond acceptors (Lipinski definition) is 2. The molecule has 1 saturated carbocycles. The van der Waals surface area contributed by atoms with Gasteiger partial charge in [0.15, 0.2) is 0 Å². The van der Waals surface area contributed by atoms with Crippen molar-refractivity contribution in [3.05, 3.63) is 12.2 Å². The number of nitrogens with one attached hydrogen (secondary N) is 1. The lowest BCUT2D eigenvalue weighted by molar-refractivity contribution is 0.0640. The fourth-order valence-corrected chi connectivity index (χ4v) is 6.61. The maximum atomic E-state index is 6.56. The molecule has 1 N–H and O–H groups in total. The van der Waals surface area contributed by atoms with E-state index in [-0.39, 0.29) is 5.54 Å². The highest BCUT2D eigenvalue weighted by Crippen LogP contribution is 2.40. The molecule has 0 saturated heterocycles. The van der Waals surface area contributed by atoms with E-state index in [0.717, 1.165) is 11.8 Å². The third-order valence-corrected chi connectivity index (χ3v) is 6.21. The van der Waals surface area contributed by atoms with Crippen LogP contribution in [0.1, 0.15) is 46.5 Å². The van der Waals surface area contributed by atoms with Gasteiger partial charge in [0.2, 0.25) is 0 Å². The molecule has 18 heavy (non-hydrogen) atoms. The van der Waals surface area contributed by atoms with Crippen LogP contribution >= 0.6 is 0 Å². The molecule has 0 aromatic rings. The molecular formula is C15H29NOSi. The van der Waals surface area contributed by atoms with E-state index < -0.39 is 8.48 Å². The molecule has 0 aliphatic heterocycles. The fourth-order valence-electron chi connectivity index (χ4n) is 3.69. The maximum Gasteiger partial charge on any atom is 0.263 e. The Hall–Kier alpha value is -0.123. The molecule has 0 spiro atoms. The summed E-state index contributed by atoms with van der Waals surface area (Å²) in [5.41, 5.74) is 0.151. The monoisotopic (exact) mass is 267 g/mol. The van der Waals surface area contributed by atoms with E-state index in [1.54, 1.807) is 0 Å². The summed E-state index contributed by atoms with van der Waals surface area (Å²) in [6, 6.07) is 0. The average molecular weight is 267 g/mol. The molecule has 2 rings (SSSR count). The van der Waals surface area contributed by atoms with Crippen LogP contribution in [-0.4, -0.2) is 20.1 Å². The van der Waals surface area contributed by atoms with Crippen LogP contribution in [0, 0.1) is 11.8 Å². The van der Waals surface area contributed by atoms with E-state index in [4.69, 9.17) is 4.43 Å². The highest BCUT2D eigenvalue weighted by molar-refractivity contribution is 6.68. The molecular weight excluding hydrogens is 238 g/mol. The van der Waals surface area contributed by atoms with Crippen molar-refractivity contribution in [1.82, 2.24) is 4.98 Å². The molecule has 0 heterocycles. The zero-order valence-electron chi connectivity index (χ0n) is 12.6. The molecule has 3 atom stereocenters. The van der Waals surface area contributed by atoms with Crippen LogP contribution in [0.3, 0.4) is 0 Å². The normalized spacial score (nSPS) is 32.6. The van der Waals surface area contributed by atoms with Crippen molar-refractivity contribution in [2.75, 3.05) is 0 Å². The van der Waals surface area contributed by atoms with Crippen molar-refractivity contribution in [3.8, 4) is 0 Å². The van der Waals surface area contributed by atoms with Crippen LogP contribution in [0.4, 0.5) is 0 Å². The molecule has 0 radical (unpaired) electrons. The first kappa shape index (κ1) is 14.3. The predicted molar refractivity (Wildman–Crippen MR) is 79.8 cm³/mol. The molecule has 104 valence electrons. The van der Waals surface area contributed by atoms with Gasteiger partial charge < -0.3 is 9.41 Å². The Morgan fingerprint density at radius 1 is 1.22 bits per heavy atom. The minimum absolute atomic E-state index is 0.151. The second-order valence-corrected chi connectivity index (χ2v) is 11.0. The lowest BCUT2D eigenvalue weighted by Crippen LogP contribution is -2.58. The highest BCUT2D eigenvalue weighted by atomic mass is 28.4. The van der Waals surface area contributed by atoms with Crippen LogP contribution in [0.5, 0.6) is 0 Å². The molecule has 2 aliphatic carbocycles. The predicted octanol–water partition coefficient (Wildman–Crippen LogP) is 3.84. The van der Waals surface area contributed by atoms with Crippen molar-refractivity contribution >= 4 is 8.48 Å². The Morgan fingerprint density at radius 2 is 1.94 bits per heavy atom. The Kier molecular flexibility index (Phi) is 4.05. The lowest BCUT2D eigenvalue weighted by Gasteiger charge is -2.41. The first-order valence-corrected chi connectivity index (χ1v) is 10.3. The van der Waals surface area contributed by atoms with E-state index in [9.17, 15) is 0 Å². The summed E-state index contributed by atoms with van der Waals surface area (Å²) in [6.45, 7) is 11.3. The van der Waals surface area contributed by atoms with E-state index in [1.807, 2.05) is 0 Å². The van der Waals surface area contributed by atoms with E-state index in [1.165, 1.54) is 25.7 Å². The van der Waals surface area contributed by atoms with E-state index in [2.05, 4.69) is 51.0 Å². The fraction of sp³-hybridized carbons (Fsp3) is 0.867. The molecule has 0 aromatic heterocycles. The number of rotatable bonds is 3. The summed E-state index contributed by atoms with van der Waals surface area (Å²) in [4.78, 5) is 3.72. The largest absolute Gasteiger partial charge is 0.400 e. The summed E-state index contributed by atoms with van der Waals surface area (Å²) < 4.78 is 6.56. The number of allylic oxidation sites excluding steroid dienone is 2. The van der Waals surface area contributed by atoms with Gasteiger partial charge in [0.25, 0.3) is 8.48 Å². The Morgan fingerprint density at radius 3 is 2.61 bits per heavy atom. The third kappa shape index (κ3) is 3.69. The smallest absolute Gasteiger partial charge is 0.263 e. The zero-order chi connectivity index (χ0) is 13.4. The zero-order valence-corrected chi connectivity index (χ0v) is 13.6. The van der Waals surface area contributed by atoms with Crippen LogP contribution in [0.25, 0.3) is 0 Å². The molecule has 0 amide bonds. The van der Waals surface area contributed by atoms with Gasteiger partial charge in [-0.25, -0.2) is 0 Å². The summed E-state index contributed by atoms with van der Waals surface area (Å²) >= 11 is 0. The van der Waals surface area contributed by atoms with E-state index >= 15 is 0 Å². The topological polar surface area (TPSA) is 21.3 Å². The molecule has 2 aliphatic rings. The number of fused-ring (bicyclic) bond motifs is 1. The van der Waals surface area contributed by atoms with Gasteiger partial charge in [-0.2, -0.15) is 0 Å². The first-order chi connectivity index (χ1) is 8.27. The van der Waals surface area contributed by atoms with Crippen LogP contribution in [0.2, 0.25) is 13.1 Å². The Balaban J connectivity index is 1.95. The van der Waals surface area contributed by atoms with Crippen molar-refractivity contribution in [2.24, 2.45) is 11.8 Å². The second kappa shape index (κ2) is 5.10. The Labute approximate surface area is 113 Å². The highest BCUT2D eigenvalue weighted by Gasteiger charge is 2.39. The van der Waals surface area contributed by atoms with Gasteiger partial charge in [0.05, 0.1) is 6.10 Å². The summed E-state index contributed by atoms with van der Waals surface area (Å²) in [5, 5.41) is 0. The lowest BCUT2D eigenvalue weighted by atomic mass is 9.79. The van der Waals surface area contributed by atoms with Gasteiger partial charge in [-0.3, -0.25) is 0 Å². The van der Waals surface area contributed by atoms with Crippen molar-refractivity contribution in [3.63, 3.8) is 0 Å². The van der Waals surface area contributed by atoms with Crippen molar-refractivity contribution in [2.45, 2.75) is 71.2 Å². The summed E-state index contributed by atoms with van der Waals surface area (Å²) in [5.74, 6) is 1.55. The third-order valence-electron chi connectivity index (χ3n) is 3.97. The van der Waals surface area contributed by atoms with Crippen LogP contribution in [0.15, 0.2) is 12.2 Å². The Bertz CT molecular complexity index is 319. The van der Waals surface area contributed by atoms with Gasteiger partial charge in [0.1, 0.15) is 0 Å². The minimum atomic E-state index is -1.76. The average Bonchev–Trinajstić information content (AvgIpc) is 2.61. The van der Waals surface area contributed by atoms with E-state index in [0.29, 0.717) is 6.10 Å². The maximum absolute atomic E-state index is 6.56. The molecule has 0 bridgehead atoms. The molecule has 1 fully saturated rings. The van der Waals surface area contributed by atoms with Gasteiger partial charge in [-0.05, 0) is 65.0 Å². The molecule has 2 nitrogen and oxygen atoms in total. The molecule has 3 unspecified atom stereocenters. The first-order valence-electron chi connectivity index (χ1n) is 7.41. The van der Waals surface area contributed by atoms with Gasteiger partial charge >= 0.3 is 0 Å². The summed E-state index contributed by atoms with van der Waals surface area (Å²) in [6.07, 6.45) is 10.5. The standard InChI is InChI=1S/C15H29NOSi/c1-15(2,3)16-18(4,5)17-14-11-7-9-12-8-6-10-13(12)14/h6,8,12-14,16H,7,9-11H2,1-5H3. The van der Waals surface area contributed by atoms with Crippen LogP contribution < -0.4 is 4.98 Å². The SMILES string of the molecule is CC(C)(C)N[Si](C)(C)OC1CCCC2C=CCC21. The minimum Gasteiger partial charge on any atom is -0.400 e. The van der Waals surface area contributed by atoms with Gasteiger partial charge in [-0.1, -0.05) is 18.6 Å². The van der Waals surface area contributed by atoms with Gasteiger partial charge in [0, 0.05) is 5.54 Å². The molecule has 3 heteroatoms. The molecule has 0 aromatic carbocycles. The number of hydrogen-bond donors (Lipinski definition) is 1. The van der Waals surface area contributed by atoms with Gasteiger partial charge in [-0.15, -0.1) is 0 Å². The van der Waals surface area contributed by atoms with Crippen molar-refractivity contribution < 1.29 is 4.43 Å². The summed E-state index contributed by atoms with van der Waals surface area (Å²) in [7, 11) is -1.76. The van der Waals surface area contributed by atoms with Crippen molar-refractivity contribution in [1.29, 1.82) is 0 Å². The second-order valence-electron chi connectivity index (χ2n) is 7.46. The quantitative estimate of drug-likeness (QED) is 0.620.